The maximum atomic E-state index is 6.39. The lowest BCUT2D eigenvalue weighted by atomic mass is 9.96. The predicted octanol–water partition coefficient (Wildman–Crippen LogP) is 6.63. The second-order valence-electron chi connectivity index (χ2n) is 7.31. The number of rotatable bonds is 4. The van der Waals surface area contributed by atoms with Crippen LogP contribution in [0.1, 0.15) is 42.3 Å². The van der Waals surface area contributed by atoms with Crippen LogP contribution in [0.4, 0.5) is 0 Å². The number of fused-ring (bicyclic) bond motifs is 3. The van der Waals surface area contributed by atoms with Crippen LogP contribution in [0, 0.1) is 0 Å². The molecular formula is C24H20Cl2N2O2. The first kappa shape index (κ1) is 19.3. The summed E-state index contributed by atoms with van der Waals surface area (Å²) in [5.74, 6) is 1.68. The molecule has 0 saturated heterocycles. The van der Waals surface area contributed by atoms with Gasteiger partial charge in [0, 0.05) is 27.6 Å². The van der Waals surface area contributed by atoms with E-state index in [4.69, 9.17) is 37.8 Å². The quantitative estimate of drug-likeness (QED) is 0.457. The number of benzene rings is 3. The summed E-state index contributed by atoms with van der Waals surface area (Å²) in [6, 6.07) is 21.6. The molecule has 0 saturated carbocycles. The normalized spacial score (nSPS) is 19.6. The highest BCUT2D eigenvalue weighted by molar-refractivity contribution is 6.31. The van der Waals surface area contributed by atoms with Gasteiger partial charge in [-0.15, -0.1) is 0 Å². The van der Waals surface area contributed by atoms with Crippen molar-refractivity contribution >= 4 is 28.9 Å². The van der Waals surface area contributed by atoms with Crippen molar-refractivity contribution in [3.63, 3.8) is 0 Å². The number of ether oxygens (including phenoxy) is 2. The highest BCUT2D eigenvalue weighted by Crippen LogP contribution is 2.48. The standard InChI is InChI=1S/C24H20Cl2N2O2/c1-2-29-19-10-5-16(6-11-19)24-28-22(20-13-18(26)9-12-23(20)30-24)14-21(27-28)15-3-7-17(25)8-4-15/h3-13,22,24H,2,14H2,1H3/t22-,24-/m1/s1. The van der Waals surface area contributed by atoms with E-state index < -0.39 is 0 Å². The maximum Gasteiger partial charge on any atom is 0.213 e. The number of halogens is 2. The van der Waals surface area contributed by atoms with Crippen molar-refractivity contribution < 1.29 is 9.47 Å². The Balaban J connectivity index is 1.55. The van der Waals surface area contributed by atoms with E-state index in [1.54, 1.807) is 0 Å². The van der Waals surface area contributed by atoms with Gasteiger partial charge < -0.3 is 9.47 Å². The molecule has 0 unspecified atom stereocenters. The van der Waals surface area contributed by atoms with Crippen LogP contribution in [0.15, 0.2) is 71.8 Å². The molecule has 2 atom stereocenters. The van der Waals surface area contributed by atoms with Gasteiger partial charge in [-0.3, -0.25) is 0 Å². The predicted molar refractivity (Wildman–Crippen MR) is 120 cm³/mol. The van der Waals surface area contributed by atoms with Crippen LogP contribution in [0.25, 0.3) is 0 Å². The Hall–Kier alpha value is -2.69. The van der Waals surface area contributed by atoms with Gasteiger partial charge in [0.15, 0.2) is 0 Å². The molecule has 4 nitrogen and oxygen atoms in total. The molecule has 5 rings (SSSR count). The van der Waals surface area contributed by atoms with Gasteiger partial charge in [0.05, 0.1) is 18.4 Å². The summed E-state index contributed by atoms with van der Waals surface area (Å²) < 4.78 is 12.0. The summed E-state index contributed by atoms with van der Waals surface area (Å²) >= 11 is 12.4. The fourth-order valence-corrected chi connectivity index (χ4v) is 4.30. The van der Waals surface area contributed by atoms with Crippen molar-refractivity contribution in [1.82, 2.24) is 5.01 Å². The zero-order valence-electron chi connectivity index (χ0n) is 16.4. The molecule has 0 radical (unpaired) electrons. The van der Waals surface area contributed by atoms with Gasteiger partial charge in [0.1, 0.15) is 11.5 Å². The van der Waals surface area contributed by atoms with Gasteiger partial charge in [0.25, 0.3) is 0 Å². The van der Waals surface area contributed by atoms with Gasteiger partial charge in [-0.2, -0.15) is 5.10 Å². The average molecular weight is 439 g/mol. The van der Waals surface area contributed by atoms with Crippen LogP contribution in [-0.4, -0.2) is 17.3 Å². The topological polar surface area (TPSA) is 34.1 Å². The summed E-state index contributed by atoms with van der Waals surface area (Å²) in [6.07, 6.45) is 0.440. The van der Waals surface area contributed by atoms with Crippen molar-refractivity contribution in [1.29, 1.82) is 0 Å². The lowest BCUT2D eigenvalue weighted by Crippen LogP contribution is -2.33. The maximum absolute atomic E-state index is 6.39. The van der Waals surface area contributed by atoms with E-state index in [9.17, 15) is 0 Å². The van der Waals surface area contributed by atoms with Crippen LogP contribution in [0.5, 0.6) is 11.5 Å². The van der Waals surface area contributed by atoms with Crippen molar-refractivity contribution in [2.75, 3.05) is 6.61 Å². The molecule has 0 amide bonds. The summed E-state index contributed by atoms with van der Waals surface area (Å²) in [7, 11) is 0. The van der Waals surface area contributed by atoms with E-state index in [-0.39, 0.29) is 12.3 Å². The largest absolute Gasteiger partial charge is 0.494 e. The molecule has 2 aliphatic heterocycles. The molecule has 0 fully saturated rings. The second-order valence-corrected chi connectivity index (χ2v) is 8.18. The van der Waals surface area contributed by atoms with Crippen LogP contribution >= 0.6 is 23.2 Å². The Morgan fingerprint density at radius 3 is 2.47 bits per heavy atom. The Morgan fingerprint density at radius 1 is 1.00 bits per heavy atom. The summed E-state index contributed by atoms with van der Waals surface area (Å²) in [4.78, 5) is 0. The highest BCUT2D eigenvalue weighted by Gasteiger charge is 2.41. The molecule has 3 aromatic rings. The minimum absolute atomic E-state index is 0.0506. The third kappa shape index (κ3) is 3.51. The van der Waals surface area contributed by atoms with Crippen molar-refractivity contribution in [2.24, 2.45) is 5.10 Å². The van der Waals surface area contributed by atoms with E-state index in [2.05, 4.69) is 0 Å². The fraction of sp³-hybridized carbons (Fsp3) is 0.208. The molecular weight excluding hydrogens is 419 g/mol. The fourth-order valence-electron chi connectivity index (χ4n) is 3.99. The molecule has 0 bridgehead atoms. The smallest absolute Gasteiger partial charge is 0.213 e. The monoisotopic (exact) mass is 438 g/mol. The Morgan fingerprint density at radius 2 is 1.73 bits per heavy atom. The minimum atomic E-state index is -0.329. The van der Waals surface area contributed by atoms with Crippen LogP contribution < -0.4 is 9.47 Å². The molecule has 0 aromatic heterocycles. The third-order valence-electron chi connectivity index (χ3n) is 5.41. The van der Waals surface area contributed by atoms with E-state index in [1.165, 1.54) is 0 Å². The molecule has 0 aliphatic carbocycles. The molecule has 2 aliphatic rings. The summed E-state index contributed by atoms with van der Waals surface area (Å²) in [5, 5.41) is 8.40. The third-order valence-corrected chi connectivity index (χ3v) is 5.89. The zero-order chi connectivity index (χ0) is 20.7. The molecule has 0 spiro atoms. The van der Waals surface area contributed by atoms with Crippen LogP contribution in [-0.2, 0) is 0 Å². The van der Waals surface area contributed by atoms with Gasteiger partial charge in [-0.05, 0) is 67.1 Å². The van der Waals surface area contributed by atoms with E-state index in [1.807, 2.05) is 78.7 Å². The lowest BCUT2D eigenvalue weighted by Gasteiger charge is -2.38. The molecule has 2 heterocycles. The van der Waals surface area contributed by atoms with E-state index in [0.29, 0.717) is 16.7 Å². The van der Waals surface area contributed by atoms with Crippen LogP contribution in [0.3, 0.4) is 0 Å². The first-order valence-corrected chi connectivity index (χ1v) is 10.7. The number of nitrogens with zero attached hydrogens (tertiary/aromatic N) is 2. The second kappa shape index (κ2) is 7.86. The lowest BCUT2D eigenvalue weighted by molar-refractivity contribution is -0.0190. The number of hydrogen-bond donors (Lipinski definition) is 0. The molecule has 3 aromatic carbocycles. The molecule has 152 valence electrons. The average Bonchev–Trinajstić information content (AvgIpc) is 3.20. The number of hydrogen-bond acceptors (Lipinski definition) is 4. The van der Waals surface area contributed by atoms with Crippen molar-refractivity contribution in [3.05, 3.63) is 93.5 Å². The first-order valence-electron chi connectivity index (χ1n) is 9.93. The van der Waals surface area contributed by atoms with E-state index >= 15 is 0 Å². The van der Waals surface area contributed by atoms with Gasteiger partial charge in [0.2, 0.25) is 6.23 Å². The Bertz CT molecular complexity index is 1100. The van der Waals surface area contributed by atoms with E-state index in [0.717, 1.165) is 40.3 Å². The van der Waals surface area contributed by atoms with Gasteiger partial charge in [-0.25, -0.2) is 5.01 Å². The molecule has 30 heavy (non-hydrogen) atoms. The zero-order valence-corrected chi connectivity index (χ0v) is 17.9. The van der Waals surface area contributed by atoms with Crippen molar-refractivity contribution in [3.8, 4) is 11.5 Å². The van der Waals surface area contributed by atoms with Crippen molar-refractivity contribution in [2.45, 2.75) is 25.6 Å². The van der Waals surface area contributed by atoms with Gasteiger partial charge >= 0.3 is 0 Å². The SMILES string of the molecule is CCOc1ccc([C@H]2Oc3ccc(Cl)cc3[C@H]3CC(c4ccc(Cl)cc4)=NN32)cc1. The summed E-state index contributed by atoms with van der Waals surface area (Å²) in [6.45, 7) is 2.61. The summed E-state index contributed by atoms with van der Waals surface area (Å²) in [5.41, 5.74) is 4.13. The van der Waals surface area contributed by atoms with Crippen LogP contribution in [0.2, 0.25) is 10.0 Å². The Labute approximate surface area is 185 Å². The van der Waals surface area contributed by atoms with Gasteiger partial charge in [-0.1, -0.05) is 35.3 Å². The Kier molecular flexibility index (Phi) is 5.05. The first-order chi connectivity index (χ1) is 14.6. The molecule has 6 heteroatoms. The minimum Gasteiger partial charge on any atom is -0.494 e. The number of hydrazone groups is 1. The highest BCUT2D eigenvalue weighted by atomic mass is 35.5. The molecule has 0 N–H and O–H groups in total.